The zero-order chi connectivity index (χ0) is 13.7. The van der Waals surface area contributed by atoms with Crippen LogP contribution in [-0.4, -0.2) is 45.8 Å². The Morgan fingerprint density at radius 3 is 2.33 bits per heavy atom. The van der Waals surface area contributed by atoms with Gasteiger partial charge in [0.15, 0.2) is 0 Å². The quantitative estimate of drug-likeness (QED) is 0.821. The maximum absolute atomic E-state index is 11.2. The monoisotopic (exact) mass is 255 g/mol. The van der Waals surface area contributed by atoms with E-state index in [2.05, 4.69) is 32.6 Å². The highest BCUT2D eigenvalue weighted by Gasteiger charge is 2.52. The maximum Gasteiger partial charge on any atom is 0.308 e. The Kier molecular flexibility index (Phi) is 3.23. The molecule has 0 saturated carbocycles. The first kappa shape index (κ1) is 13.8. The highest BCUT2D eigenvalue weighted by Crippen LogP contribution is 2.43. The first-order chi connectivity index (χ1) is 8.14. The third-order valence-corrected chi connectivity index (χ3v) is 4.55. The Morgan fingerprint density at radius 1 is 1.33 bits per heavy atom. The molecule has 4 nitrogen and oxygen atoms in total. The Hall–Kier alpha value is -0.610. The van der Waals surface area contributed by atoms with E-state index in [1.807, 2.05) is 6.92 Å². The lowest BCUT2D eigenvalue weighted by molar-refractivity contribution is -0.142. The Labute approximate surface area is 109 Å². The van der Waals surface area contributed by atoms with E-state index >= 15 is 0 Å². The molecule has 0 aromatic heterocycles. The number of carboxylic acids is 1. The van der Waals surface area contributed by atoms with Crippen molar-refractivity contribution in [3.05, 3.63) is 0 Å². The molecule has 2 heterocycles. The first-order valence-electron chi connectivity index (χ1n) is 6.83. The van der Waals surface area contributed by atoms with Gasteiger partial charge in [0.2, 0.25) is 0 Å². The largest absolute Gasteiger partial charge is 0.481 e. The summed E-state index contributed by atoms with van der Waals surface area (Å²) in [4.78, 5) is 13.5. The summed E-state index contributed by atoms with van der Waals surface area (Å²) < 4.78 is 6.12. The average Bonchev–Trinajstić information content (AvgIpc) is 2.63. The predicted octanol–water partition coefficient (Wildman–Crippen LogP) is 2.13. The van der Waals surface area contributed by atoms with Crippen molar-refractivity contribution < 1.29 is 14.6 Å². The number of carboxylic acid groups (broad SMARTS) is 1. The molecule has 2 fully saturated rings. The molecule has 0 radical (unpaired) electrons. The summed E-state index contributed by atoms with van der Waals surface area (Å²) in [6.45, 7) is 11.4. The molecule has 1 N–H and O–H groups in total. The second-order valence-corrected chi connectivity index (χ2v) is 6.90. The number of hydrogen-bond acceptors (Lipinski definition) is 3. The van der Waals surface area contributed by atoms with E-state index in [1.54, 1.807) is 0 Å². The highest BCUT2D eigenvalue weighted by atomic mass is 16.5. The molecule has 4 heteroatoms. The van der Waals surface area contributed by atoms with Crippen molar-refractivity contribution in [2.75, 3.05) is 6.54 Å². The van der Waals surface area contributed by atoms with Crippen LogP contribution in [0.15, 0.2) is 0 Å². The van der Waals surface area contributed by atoms with Crippen LogP contribution in [0.25, 0.3) is 0 Å². The third-order valence-electron chi connectivity index (χ3n) is 4.55. The molecule has 104 valence electrons. The van der Waals surface area contributed by atoms with E-state index in [1.165, 1.54) is 0 Å². The summed E-state index contributed by atoms with van der Waals surface area (Å²) >= 11 is 0. The molecule has 2 aliphatic rings. The van der Waals surface area contributed by atoms with Gasteiger partial charge in [-0.05, 0) is 54.0 Å². The van der Waals surface area contributed by atoms with E-state index in [9.17, 15) is 9.90 Å². The smallest absolute Gasteiger partial charge is 0.308 e. The van der Waals surface area contributed by atoms with Crippen LogP contribution in [0.5, 0.6) is 0 Å². The Balaban J connectivity index is 2.16. The lowest BCUT2D eigenvalue weighted by atomic mass is 9.92. The van der Waals surface area contributed by atoms with Crippen LogP contribution in [-0.2, 0) is 9.53 Å². The van der Waals surface area contributed by atoms with E-state index in [0.717, 1.165) is 19.4 Å². The number of likely N-dealkylation sites (tertiary alicyclic amines) is 1. The van der Waals surface area contributed by atoms with Gasteiger partial charge in [-0.25, -0.2) is 0 Å². The van der Waals surface area contributed by atoms with Crippen molar-refractivity contribution in [1.82, 2.24) is 4.90 Å². The number of ether oxygens (including phenoxy) is 1. The summed E-state index contributed by atoms with van der Waals surface area (Å²) in [5.41, 5.74) is -0.319. The molecule has 0 aromatic carbocycles. The van der Waals surface area contributed by atoms with Gasteiger partial charge < -0.3 is 9.84 Å². The van der Waals surface area contributed by atoms with Gasteiger partial charge in [0.25, 0.3) is 0 Å². The normalized spacial score (nSPS) is 39.1. The second-order valence-electron chi connectivity index (χ2n) is 6.90. The summed E-state index contributed by atoms with van der Waals surface area (Å²) in [5.74, 6) is -0.898. The van der Waals surface area contributed by atoms with Crippen molar-refractivity contribution >= 4 is 5.97 Å². The van der Waals surface area contributed by atoms with Crippen molar-refractivity contribution in [2.24, 2.45) is 5.92 Å². The molecule has 2 rings (SSSR count). The number of hydrogen-bond donors (Lipinski definition) is 1. The predicted molar refractivity (Wildman–Crippen MR) is 69.6 cm³/mol. The van der Waals surface area contributed by atoms with Gasteiger partial charge in [-0.15, -0.1) is 0 Å². The summed E-state index contributed by atoms with van der Waals surface area (Å²) in [5, 5.41) is 9.22. The molecule has 0 bridgehead atoms. The van der Waals surface area contributed by atoms with Crippen LogP contribution in [0.4, 0.5) is 0 Å². The first-order valence-corrected chi connectivity index (χ1v) is 6.83. The van der Waals surface area contributed by atoms with E-state index in [4.69, 9.17) is 4.74 Å². The molecule has 0 aliphatic carbocycles. The van der Waals surface area contributed by atoms with Crippen molar-refractivity contribution in [2.45, 2.75) is 70.7 Å². The SMILES string of the molecule is CC1C(C(=O)O)CCN1C1CC(C)(C)OC1(C)C. The minimum absolute atomic E-state index is 0.101. The van der Waals surface area contributed by atoms with Crippen molar-refractivity contribution in [3.63, 3.8) is 0 Å². The maximum atomic E-state index is 11.2. The van der Waals surface area contributed by atoms with Crippen LogP contribution in [0.2, 0.25) is 0 Å². The van der Waals surface area contributed by atoms with Crippen molar-refractivity contribution in [3.8, 4) is 0 Å². The van der Waals surface area contributed by atoms with Gasteiger partial charge in [0.05, 0.1) is 17.1 Å². The molecular weight excluding hydrogens is 230 g/mol. The molecule has 0 amide bonds. The fourth-order valence-electron chi connectivity index (χ4n) is 3.78. The van der Waals surface area contributed by atoms with Gasteiger partial charge in [0, 0.05) is 12.1 Å². The third kappa shape index (κ3) is 2.28. The standard InChI is InChI=1S/C14H25NO3/c1-9-10(12(16)17)6-7-15(9)11-8-13(2,3)18-14(11,4)5/h9-11H,6-8H2,1-5H3,(H,16,17). The lowest BCUT2D eigenvalue weighted by Gasteiger charge is -2.36. The number of rotatable bonds is 2. The van der Waals surface area contributed by atoms with Crippen LogP contribution >= 0.6 is 0 Å². The second kappa shape index (κ2) is 4.20. The van der Waals surface area contributed by atoms with E-state index in [0.29, 0.717) is 6.04 Å². The average molecular weight is 255 g/mol. The zero-order valence-electron chi connectivity index (χ0n) is 12.1. The molecule has 0 spiro atoms. The lowest BCUT2D eigenvalue weighted by Crippen LogP contribution is -2.49. The molecule has 2 saturated heterocycles. The minimum atomic E-state index is -0.666. The topological polar surface area (TPSA) is 49.8 Å². The Bertz CT molecular complexity index is 351. The van der Waals surface area contributed by atoms with Crippen LogP contribution in [0, 0.1) is 5.92 Å². The van der Waals surface area contributed by atoms with Crippen LogP contribution in [0.3, 0.4) is 0 Å². The summed E-state index contributed by atoms with van der Waals surface area (Å²) in [6, 6.07) is 0.413. The van der Waals surface area contributed by atoms with Gasteiger partial charge >= 0.3 is 5.97 Å². The summed E-state index contributed by atoms with van der Waals surface area (Å²) in [7, 11) is 0. The molecule has 18 heavy (non-hydrogen) atoms. The fourth-order valence-corrected chi connectivity index (χ4v) is 3.78. The summed E-state index contributed by atoms with van der Waals surface area (Å²) in [6.07, 6.45) is 1.72. The van der Waals surface area contributed by atoms with Gasteiger partial charge in [-0.1, -0.05) is 0 Å². The highest BCUT2D eigenvalue weighted by molar-refractivity contribution is 5.71. The van der Waals surface area contributed by atoms with Crippen LogP contribution in [0.1, 0.15) is 47.5 Å². The molecular formula is C14H25NO3. The van der Waals surface area contributed by atoms with Gasteiger partial charge in [-0.2, -0.15) is 0 Å². The fraction of sp³-hybridized carbons (Fsp3) is 0.929. The van der Waals surface area contributed by atoms with Gasteiger partial charge in [-0.3, -0.25) is 9.69 Å². The minimum Gasteiger partial charge on any atom is -0.481 e. The molecule has 3 unspecified atom stereocenters. The van der Waals surface area contributed by atoms with Crippen LogP contribution < -0.4 is 0 Å². The molecule has 0 aromatic rings. The van der Waals surface area contributed by atoms with E-state index in [-0.39, 0.29) is 23.2 Å². The zero-order valence-corrected chi connectivity index (χ0v) is 12.1. The van der Waals surface area contributed by atoms with Gasteiger partial charge in [0.1, 0.15) is 0 Å². The Morgan fingerprint density at radius 2 is 1.94 bits per heavy atom. The molecule has 2 aliphatic heterocycles. The molecule has 3 atom stereocenters. The number of nitrogens with zero attached hydrogens (tertiary/aromatic N) is 1. The number of carbonyl (C=O) groups is 1. The van der Waals surface area contributed by atoms with Crippen molar-refractivity contribution in [1.29, 1.82) is 0 Å². The number of aliphatic carboxylic acids is 1. The van der Waals surface area contributed by atoms with E-state index < -0.39 is 5.97 Å².